The van der Waals surface area contributed by atoms with Crippen LogP contribution in [0.1, 0.15) is 10.4 Å². The van der Waals surface area contributed by atoms with Crippen molar-refractivity contribution in [1.29, 1.82) is 0 Å². The van der Waals surface area contributed by atoms with Gasteiger partial charge in [0.1, 0.15) is 0 Å². The molecular weight excluding hydrogens is 354 g/mol. The van der Waals surface area contributed by atoms with Crippen LogP contribution in [0.15, 0.2) is 48.5 Å². The van der Waals surface area contributed by atoms with E-state index in [0.717, 1.165) is 0 Å². The first-order valence-electron chi connectivity index (χ1n) is 8.39. The van der Waals surface area contributed by atoms with E-state index < -0.39 is 0 Å². The molecule has 0 bridgehead atoms. The molecule has 1 aliphatic heterocycles. The summed E-state index contributed by atoms with van der Waals surface area (Å²) in [7, 11) is 0. The Balaban J connectivity index is 1.57. The Morgan fingerprint density at radius 1 is 1.08 bits per heavy atom. The van der Waals surface area contributed by atoms with Crippen LogP contribution in [0.25, 0.3) is 0 Å². The Bertz CT molecular complexity index is 791. The summed E-state index contributed by atoms with van der Waals surface area (Å²) in [4.78, 5) is 26.4. The number of halogens is 1. The molecule has 26 heavy (non-hydrogen) atoms. The van der Waals surface area contributed by atoms with Gasteiger partial charge in [0.2, 0.25) is 5.91 Å². The fraction of sp³-hybridized carbons (Fsp3) is 0.263. The van der Waals surface area contributed by atoms with E-state index in [1.807, 2.05) is 6.07 Å². The summed E-state index contributed by atoms with van der Waals surface area (Å²) < 4.78 is 5.27. The van der Waals surface area contributed by atoms with E-state index >= 15 is 0 Å². The van der Waals surface area contributed by atoms with Crippen molar-refractivity contribution in [2.24, 2.45) is 0 Å². The highest BCUT2D eigenvalue weighted by molar-refractivity contribution is 6.33. The molecule has 0 spiro atoms. The number of nitrogens with one attached hydrogen (secondary N) is 2. The molecule has 1 aliphatic rings. The number of morpholine rings is 1. The molecule has 3 rings (SSSR count). The van der Waals surface area contributed by atoms with Crippen LogP contribution in [0, 0.1) is 0 Å². The van der Waals surface area contributed by atoms with Crippen LogP contribution < -0.4 is 10.6 Å². The van der Waals surface area contributed by atoms with Crippen molar-refractivity contribution in [2.75, 3.05) is 43.5 Å². The minimum Gasteiger partial charge on any atom is -0.378 e. The molecular formula is C19H20ClN3O3. The van der Waals surface area contributed by atoms with Crippen molar-refractivity contribution in [3.8, 4) is 0 Å². The maximum Gasteiger partial charge on any atom is 0.254 e. The summed E-state index contributed by atoms with van der Waals surface area (Å²) in [5.74, 6) is -0.250. The Hall–Kier alpha value is -2.57. The summed E-state index contributed by atoms with van der Waals surface area (Å²) in [6.07, 6.45) is 0. The summed E-state index contributed by atoms with van der Waals surface area (Å²) in [6.45, 7) is 2.38. The van der Waals surface area contributed by atoms with Crippen molar-refractivity contribution in [1.82, 2.24) is 4.90 Å². The van der Waals surface area contributed by atoms with Crippen LogP contribution in [-0.4, -0.2) is 49.6 Å². The highest BCUT2D eigenvalue weighted by atomic mass is 35.5. The Kier molecular flexibility index (Phi) is 6.09. The van der Waals surface area contributed by atoms with E-state index in [4.69, 9.17) is 16.3 Å². The van der Waals surface area contributed by atoms with Crippen LogP contribution >= 0.6 is 11.6 Å². The second-order valence-electron chi connectivity index (χ2n) is 5.87. The third-order valence-corrected chi connectivity index (χ3v) is 4.34. The van der Waals surface area contributed by atoms with E-state index in [0.29, 0.717) is 48.3 Å². The molecule has 0 aromatic heterocycles. The zero-order chi connectivity index (χ0) is 18.4. The lowest BCUT2D eigenvalue weighted by atomic mass is 10.1. The number of benzene rings is 2. The largest absolute Gasteiger partial charge is 0.378 e. The molecule has 1 saturated heterocycles. The number of amides is 2. The summed E-state index contributed by atoms with van der Waals surface area (Å²) >= 11 is 6.03. The molecule has 1 heterocycles. The number of nitrogens with zero attached hydrogens (tertiary/aromatic N) is 1. The SMILES string of the molecule is O=C(CNc1cccc(C(=O)N2CCOCC2)c1)Nc1ccccc1Cl. The number of carbonyl (C=O) groups excluding carboxylic acids is 2. The zero-order valence-electron chi connectivity index (χ0n) is 14.2. The number of ether oxygens (including phenoxy) is 1. The van der Waals surface area contributed by atoms with Crippen molar-refractivity contribution >= 4 is 34.8 Å². The smallest absolute Gasteiger partial charge is 0.254 e. The Morgan fingerprint density at radius 2 is 1.85 bits per heavy atom. The van der Waals surface area contributed by atoms with Crippen LogP contribution in [0.3, 0.4) is 0 Å². The second kappa shape index (κ2) is 8.69. The van der Waals surface area contributed by atoms with Gasteiger partial charge in [-0.2, -0.15) is 0 Å². The van der Waals surface area contributed by atoms with Crippen LogP contribution in [0.4, 0.5) is 11.4 Å². The molecule has 136 valence electrons. The van der Waals surface area contributed by atoms with E-state index in [-0.39, 0.29) is 18.4 Å². The molecule has 7 heteroatoms. The Morgan fingerprint density at radius 3 is 2.62 bits per heavy atom. The molecule has 0 aliphatic carbocycles. The van der Waals surface area contributed by atoms with Crippen molar-refractivity contribution in [3.05, 3.63) is 59.1 Å². The lowest BCUT2D eigenvalue weighted by molar-refractivity contribution is -0.114. The van der Waals surface area contributed by atoms with Gasteiger partial charge in [-0.15, -0.1) is 0 Å². The van der Waals surface area contributed by atoms with E-state index in [2.05, 4.69) is 10.6 Å². The molecule has 2 N–H and O–H groups in total. The molecule has 0 saturated carbocycles. The second-order valence-corrected chi connectivity index (χ2v) is 6.27. The summed E-state index contributed by atoms with van der Waals surface area (Å²) in [5, 5.41) is 6.26. The quantitative estimate of drug-likeness (QED) is 0.845. The number of para-hydroxylation sites is 1. The average molecular weight is 374 g/mol. The molecule has 0 unspecified atom stereocenters. The van der Waals surface area contributed by atoms with Gasteiger partial charge in [0, 0.05) is 24.3 Å². The number of carbonyl (C=O) groups is 2. The van der Waals surface area contributed by atoms with Gasteiger partial charge in [-0.3, -0.25) is 9.59 Å². The molecule has 2 aromatic carbocycles. The van der Waals surface area contributed by atoms with Gasteiger partial charge >= 0.3 is 0 Å². The van der Waals surface area contributed by atoms with E-state index in [9.17, 15) is 9.59 Å². The van der Waals surface area contributed by atoms with Gasteiger partial charge in [-0.1, -0.05) is 29.8 Å². The van der Waals surface area contributed by atoms with Gasteiger partial charge in [-0.05, 0) is 30.3 Å². The fourth-order valence-corrected chi connectivity index (χ4v) is 2.83. The lowest BCUT2D eigenvalue weighted by Gasteiger charge is -2.27. The minimum atomic E-state index is -0.219. The van der Waals surface area contributed by atoms with Gasteiger partial charge in [0.05, 0.1) is 30.5 Å². The topological polar surface area (TPSA) is 70.7 Å². The predicted octanol–water partition coefficient (Wildman–Crippen LogP) is 2.86. The summed E-state index contributed by atoms with van der Waals surface area (Å²) in [5.41, 5.74) is 1.86. The van der Waals surface area contributed by atoms with Gasteiger partial charge in [0.25, 0.3) is 5.91 Å². The first kappa shape index (κ1) is 18.2. The molecule has 0 radical (unpaired) electrons. The lowest BCUT2D eigenvalue weighted by Crippen LogP contribution is -2.40. The number of hydrogen-bond donors (Lipinski definition) is 2. The summed E-state index contributed by atoms with van der Waals surface area (Å²) in [6, 6.07) is 14.2. The normalized spacial score (nSPS) is 14.0. The van der Waals surface area contributed by atoms with Crippen LogP contribution in [0.5, 0.6) is 0 Å². The maximum absolute atomic E-state index is 12.5. The van der Waals surface area contributed by atoms with E-state index in [1.165, 1.54) is 0 Å². The van der Waals surface area contributed by atoms with Crippen molar-refractivity contribution in [3.63, 3.8) is 0 Å². The monoisotopic (exact) mass is 373 g/mol. The third kappa shape index (κ3) is 4.74. The fourth-order valence-electron chi connectivity index (χ4n) is 2.65. The van der Waals surface area contributed by atoms with Crippen molar-refractivity contribution in [2.45, 2.75) is 0 Å². The highest BCUT2D eigenvalue weighted by Crippen LogP contribution is 2.20. The molecule has 1 fully saturated rings. The molecule has 6 nitrogen and oxygen atoms in total. The van der Waals surface area contributed by atoms with Crippen LogP contribution in [0.2, 0.25) is 5.02 Å². The first-order valence-corrected chi connectivity index (χ1v) is 8.76. The van der Waals surface area contributed by atoms with Gasteiger partial charge in [0.15, 0.2) is 0 Å². The Labute approximate surface area is 157 Å². The third-order valence-electron chi connectivity index (χ3n) is 4.01. The zero-order valence-corrected chi connectivity index (χ0v) is 15.0. The van der Waals surface area contributed by atoms with E-state index in [1.54, 1.807) is 47.4 Å². The standard InChI is InChI=1S/C19H20ClN3O3/c20-16-6-1-2-7-17(16)22-18(24)13-21-15-5-3-4-14(12-15)19(25)23-8-10-26-11-9-23/h1-7,12,21H,8-11,13H2,(H,22,24). The number of rotatable bonds is 5. The van der Waals surface area contributed by atoms with Crippen molar-refractivity contribution < 1.29 is 14.3 Å². The molecule has 0 atom stereocenters. The van der Waals surface area contributed by atoms with Crippen LogP contribution in [-0.2, 0) is 9.53 Å². The first-order chi connectivity index (χ1) is 12.6. The number of anilines is 2. The average Bonchev–Trinajstić information content (AvgIpc) is 2.68. The highest BCUT2D eigenvalue weighted by Gasteiger charge is 2.18. The maximum atomic E-state index is 12.5. The number of hydrogen-bond acceptors (Lipinski definition) is 4. The molecule has 2 aromatic rings. The predicted molar refractivity (Wildman–Crippen MR) is 102 cm³/mol. The van der Waals surface area contributed by atoms with Gasteiger partial charge < -0.3 is 20.3 Å². The minimum absolute atomic E-state index is 0.0301. The van der Waals surface area contributed by atoms with Gasteiger partial charge in [-0.25, -0.2) is 0 Å². The molecule has 2 amide bonds.